The predicted octanol–water partition coefficient (Wildman–Crippen LogP) is 3.98. The molecule has 1 aromatic rings. The molecule has 0 radical (unpaired) electrons. The highest BCUT2D eigenvalue weighted by atomic mass is 35.5. The van der Waals surface area contributed by atoms with Crippen molar-refractivity contribution < 1.29 is 10.1 Å². The number of nitrogens with one attached hydrogen (secondary N) is 1. The highest BCUT2D eigenvalue weighted by molar-refractivity contribution is 8.15. The molecule has 0 aromatic heterocycles. The van der Waals surface area contributed by atoms with E-state index < -0.39 is 0 Å². The van der Waals surface area contributed by atoms with E-state index in [2.05, 4.69) is 36.4 Å². The molecule has 1 aliphatic heterocycles. The number of quaternary nitrogens is 1. The fraction of sp³-hybridized carbons (Fsp3) is 0.500. The van der Waals surface area contributed by atoms with Gasteiger partial charge in [-0.1, -0.05) is 55.7 Å². The molecule has 182 valence electrons. The van der Waals surface area contributed by atoms with Crippen LogP contribution in [0, 0.1) is 5.92 Å². The van der Waals surface area contributed by atoms with Gasteiger partial charge in [-0.05, 0) is 30.9 Å². The molecule has 11 heteroatoms. The Bertz CT molecular complexity index is 933. The lowest BCUT2D eigenvalue weighted by Gasteiger charge is -2.27. The van der Waals surface area contributed by atoms with Crippen LogP contribution in [0.3, 0.4) is 0 Å². The topological polar surface area (TPSA) is 101 Å². The van der Waals surface area contributed by atoms with Crippen LogP contribution < -0.4 is 21.1 Å². The Morgan fingerprint density at radius 1 is 1.36 bits per heavy atom. The number of amidine groups is 2. The Morgan fingerprint density at radius 3 is 2.73 bits per heavy atom. The zero-order valence-corrected chi connectivity index (χ0v) is 22.8. The zero-order chi connectivity index (χ0) is 24.4. The minimum atomic E-state index is 0.103. The first kappa shape index (κ1) is 28.0. The summed E-state index contributed by atoms with van der Waals surface area (Å²) in [5, 5.41) is 8.28. The first-order valence-corrected chi connectivity index (χ1v) is 13.7. The number of aliphatic imine (C=N–C) groups is 3. The summed E-state index contributed by atoms with van der Waals surface area (Å²) in [4.78, 5) is 13.9. The molecule has 0 fully saturated rings. The molecule has 1 atom stereocenters. The van der Waals surface area contributed by atoms with Crippen LogP contribution in [-0.4, -0.2) is 54.4 Å². The molecule has 0 bridgehead atoms. The number of nitrogens with zero attached hydrogens (tertiary/aromatic N) is 3. The van der Waals surface area contributed by atoms with E-state index in [4.69, 9.17) is 43.7 Å². The summed E-state index contributed by atoms with van der Waals surface area (Å²) in [5.74, 6) is 3.04. The Morgan fingerprint density at radius 2 is 2.12 bits per heavy atom. The van der Waals surface area contributed by atoms with Crippen molar-refractivity contribution in [2.75, 3.05) is 32.2 Å². The van der Waals surface area contributed by atoms with Gasteiger partial charge >= 0.3 is 0 Å². The van der Waals surface area contributed by atoms with Gasteiger partial charge in [0.15, 0.2) is 5.17 Å². The highest BCUT2D eigenvalue weighted by Crippen LogP contribution is 2.27. The normalized spacial score (nSPS) is 18.3. The van der Waals surface area contributed by atoms with E-state index in [9.17, 15) is 0 Å². The number of rotatable bonds is 8. The third-order valence-electron chi connectivity index (χ3n) is 4.69. The summed E-state index contributed by atoms with van der Waals surface area (Å²) in [7, 11) is 1.77. The summed E-state index contributed by atoms with van der Waals surface area (Å²) in [6.45, 7) is 7.23. The van der Waals surface area contributed by atoms with Gasteiger partial charge in [0.2, 0.25) is 5.82 Å². The number of benzene rings is 1. The quantitative estimate of drug-likeness (QED) is 0.347. The lowest BCUT2D eigenvalue weighted by molar-refractivity contribution is -0.660. The first-order valence-electron chi connectivity index (χ1n) is 10.7. The van der Waals surface area contributed by atoms with Crippen molar-refractivity contribution in [3.8, 4) is 5.75 Å². The molecular weight excluding hydrogens is 499 g/mol. The van der Waals surface area contributed by atoms with E-state index in [1.807, 2.05) is 6.26 Å². The van der Waals surface area contributed by atoms with Crippen LogP contribution in [0.2, 0.25) is 10.0 Å². The average molecular weight is 533 g/mol. The number of hydrogen-bond acceptors (Lipinski definition) is 6. The molecule has 0 spiro atoms. The van der Waals surface area contributed by atoms with Crippen LogP contribution in [-0.2, 0) is 0 Å². The third-order valence-corrected chi connectivity index (χ3v) is 7.09. The maximum atomic E-state index is 6.26. The average Bonchev–Trinajstić information content (AvgIpc) is 2.79. The van der Waals surface area contributed by atoms with Gasteiger partial charge in [-0.25, -0.2) is 4.99 Å². The molecule has 1 heterocycles. The Kier molecular flexibility index (Phi) is 12.1. The maximum Gasteiger partial charge on any atom is 0.234 e. The van der Waals surface area contributed by atoms with Crippen molar-refractivity contribution in [3.63, 3.8) is 0 Å². The molecule has 2 rings (SSSR count). The standard InChI is InChI=1S/C22H32Cl2N6OS2/c1-6-9-33-22(26-4)30-21(32-5)15-11-27-19(13(2)3)29-20(15)28-18(25)12-31-17-8-7-14(23)10-16(17)24/h7-8,10,13,19,27,29H,6,9,11-12H2,1-5H3,(H2,25,28)/p+1. The van der Waals surface area contributed by atoms with Crippen molar-refractivity contribution in [1.82, 2.24) is 5.32 Å². The van der Waals surface area contributed by atoms with E-state index in [0.29, 0.717) is 34.1 Å². The molecule has 1 aromatic carbocycles. The van der Waals surface area contributed by atoms with Crippen LogP contribution in [0.4, 0.5) is 0 Å². The van der Waals surface area contributed by atoms with E-state index in [1.165, 1.54) is 0 Å². The summed E-state index contributed by atoms with van der Waals surface area (Å²) in [6, 6.07) is 5.06. The Hall–Kier alpha value is -1.23. The second-order valence-electron chi connectivity index (χ2n) is 7.62. The molecule has 1 unspecified atom stereocenters. The van der Waals surface area contributed by atoms with Gasteiger partial charge in [0.05, 0.1) is 10.6 Å². The molecule has 0 saturated carbocycles. The number of thioether (sulfide) groups is 2. The summed E-state index contributed by atoms with van der Waals surface area (Å²) in [5.41, 5.74) is 7.25. The van der Waals surface area contributed by atoms with E-state index in [1.54, 1.807) is 48.8 Å². The fourth-order valence-corrected chi connectivity index (χ4v) is 4.75. The molecule has 5 N–H and O–H groups in total. The maximum absolute atomic E-state index is 6.26. The summed E-state index contributed by atoms with van der Waals surface area (Å²) >= 11 is 15.4. The van der Waals surface area contributed by atoms with Crippen LogP contribution >= 0.6 is 46.7 Å². The van der Waals surface area contributed by atoms with Crippen LogP contribution in [0.1, 0.15) is 27.2 Å². The van der Waals surface area contributed by atoms with Gasteiger partial charge in [0, 0.05) is 30.3 Å². The van der Waals surface area contributed by atoms with Gasteiger partial charge in [0.25, 0.3) is 0 Å². The lowest BCUT2D eigenvalue weighted by Crippen LogP contribution is -2.94. The lowest BCUT2D eigenvalue weighted by atomic mass is 10.1. The number of nitrogens with two attached hydrogens (primary N) is 2. The van der Waals surface area contributed by atoms with E-state index >= 15 is 0 Å². The van der Waals surface area contributed by atoms with Crippen molar-refractivity contribution in [2.45, 2.75) is 33.4 Å². The monoisotopic (exact) mass is 531 g/mol. The van der Waals surface area contributed by atoms with Crippen LogP contribution in [0.25, 0.3) is 0 Å². The van der Waals surface area contributed by atoms with Gasteiger partial charge < -0.3 is 10.5 Å². The largest absolute Gasteiger partial charge is 0.484 e. The molecular formula is C22H33Cl2N6OS2+. The third kappa shape index (κ3) is 8.81. The van der Waals surface area contributed by atoms with Crippen LogP contribution in [0.15, 0.2) is 44.6 Å². The molecule has 1 aliphatic rings. The first-order chi connectivity index (χ1) is 15.8. The van der Waals surface area contributed by atoms with E-state index in [0.717, 1.165) is 33.8 Å². The Labute approximate surface area is 215 Å². The smallest absolute Gasteiger partial charge is 0.234 e. The van der Waals surface area contributed by atoms with Crippen LogP contribution in [0.5, 0.6) is 5.75 Å². The number of hydrogen-bond donors (Lipinski definition) is 3. The number of halogens is 2. The summed E-state index contributed by atoms with van der Waals surface area (Å²) in [6.07, 6.45) is 3.25. The molecule has 33 heavy (non-hydrogen) atoms. The molecule has 7 nitrogen and oxygen atoms in total. The van der Waals surface area contributed by atoms with E-state index in [-0.39, 0.29) is 12.8 Å². The minimum absolute atomic E-state index is 0.103. The van der Waals surface area contributed by atoms with Gasteiger partial charge in [-0.3, -0.25) is 15.6 Å². The highest BCUT2D eigenvalue weighted by Gasteiger charge is 2.29. The predicted molar refractivity (Wildman–Crippen MR) is 146 cm³/mol. The van der Waals surface area contributed by atoms with Crippen molar-refractivity contribution >= 4 is 62.8 Å². The molecule has 0 saturated heterocycles. The Balaban J connectivity index is 2.33. The van der Waals surface area contributed by atoms with Gasteiger partial charge in [0.1, 0.15) is 29.4 Å². The minimum Gasteiger partial charge on any atom is -0.484 e. The second kappa shape index (κ2) is 14.2. The number of ether oxygens (including phenoxy) is 1. The fourth-order valence-electron chi connectivity index (χ4n) is 2.95. The SMILES string of the molecule is CCCSC(=NC)N=C(SC)C1=C(N=C(N)COc2ccc(Cl)cc2Cl)[NH2+]C(C(C)C)NC1. The molecule has 0 amide bonds. The van der Waals surface area contributed by atoms with Crippen molar-refractivity contribution in [1.29, 1.82) is 0 Å². The zero-order valence-electron chi connectivity index (χ0n) is 19.7. The van der Waals surface area contributed by atoms with Crippen molar-refractivity contribution in [3.05, 3.63) is 39.6 Å². The second-order valence-corrected chi connectivity index (χ2v) is 10.3. The van der Waals surface area contributed by atoms with Gasteiger partial charge in [-0.2, -0.15) is 4.99 Å². The summed E-state index contributed by atoms with van der Waals surface area (Å²) < 4.78 is 5.76. The van der Waals surface area contributed by atoms with Gasteiger partial charge in [-0.15, -0.1) is 11.8 Å². The van der Waals surface area contributed by atoms with Crippen molar-refractivity contribution in [2.24, 2.45) is 26.6 Å². The molecule has 0 aliphatic carbocycles.